The summed E-state index contributed by atoms with van der Waals surface area (Å²) in [6, 6.07) is 24.0. The van der Waals surface area contributed by atoms with Gasteiger partial charge in [0.15, 0.2) is 0 Å². The molecule has 0 aliphatic heterocycles. The summed E-state index contributed by atoms with van der Waals surface area (Å²) in [5, 5.41) is 50.9. The predicted molar refractivity (Wildman–Crippen MR) is 178 cm³/mol. The van der Waals surface area contributed by atoms with Gasteiger partial charge in [0, 0.05) is 24.9 Å². The smallest absolute Gasteiger partial charge is 0.872 e. The number of hydrogen-bond acceptors (Lipinski definition) is 8. The van der Waals surface area contributed by atoms with Gasteiger partial charge in [0.1, 0.15) is 0 Å². The van der Waals surface area contributed by atoms with E-state index in [-0.39, 0.29) is 62.0 Å². The van der Waals surface area contributed by atoms with E-state index in [0.29, 0.717) is 67.3 Å². The Bertz CT molecular complexity index is 1770. The summed E-state index contributed by atoms with van der Waals surface area (Å²) in [4.78, 5) is 18.4. The fourth-order valence-electron chi connectivity index (χ4n) is 4.63. The van der Waals surface area contributed by atoms with E-state index in [2.05, 4.69) is 20.0 Å². The minimum atomic E-state index is -0.152. The van der Waals surface area contributed by atoms with Crippen LogP contribution in [0.15, 0.2) is 105 Å². The normalized spacial score (nSPS) is 11.4. The molecule has 0 radical (unpaired) electrons. The molecule has 5 aromatic carbocycles. The summed E-state index contributed by atoms with van der Waals surface area (Å²) in [6.07, 6.45) is 5.83. The number of rotatable bonds is 8. The van der Waals surface area contributed by atoms with Crippen molar-refractivity contribution in [1.82, 2.24) is 0 Å². The zero-order valence-corrected chi connectivity index (χ0v) is 33.2. The number of aliphatic imine (C=N–C) groups is 4. The summed E-state index contributed by atoms with van der Waals surface area (Å²) in [7, 11) is 0. The van der Waals surface area contributed by atoms with Crippen molar-refractivity contribution in [3.8, 4) is 23.0 Å². The fourth-order valence-corrected chi connectivity index (χ4v) is 4.63. The predicted octanol–water partition coefficient (Wildman–Crippen LogP) is 6.21. The molecule has 10 heteroatoms. The standard InChI is InChI=1S/C38H34N4O4.2Zn/c1-23-9-5-13-27(35(23)43)19-39-31-17-33(41-21-29-15-7-11-25(3)37(29)45)34(42-22-30-16-8-12-26(4)38(30)46)18-32(31)40-20-28-14-6-10-24(2)36(28)44;;/h5-22,43-46H,1-4H3;;/q;2*+2/p-4. The van der Waals surface area contributed by atoms with Gasteiger partial charge >= 0.3 is 39.0 Å². The molecule has 0 amide bonds. The van der Waals surface area contributed by atoms with Crippen LogP contribution in [-0.4, -0.2) is 24.9 Å². The van der Waals surface area contributed by atoms with Crippen LogP contribution in [0.3, 0.4) is 0 Å². The molecule has 0 aliphatic rings. The molecule has 0 atom stereocenters. The Morgan fingerprint density at radius 1 is 0.375 bits per heavy atom. The molecule has 0 bridgehead atoms. The van der Waals surface area contributed by atoms with Crippen molar-refractivity contribution >= 4 is 47.6 Å². The van der Waals surface area contributed by atoms with Crippen LogP contribution in [-0.2, 0) is 39.0 Å². The molecular weight excluding hydrogens is 707 g/mol. The topological polar surface area (TPSA) is 142 Å². The Labute approximate surface area is 305 Å². The molecule has 0 unspecified atom stereocenters. The van der Waals surface area contributed by atoms with Crippen molar-refractivity contribution < 1.29 is 59.4 Å². The van der Waals surface area contributed by atoms with Crippen LogP contribution in [0.2, 0.25) is 0 Å². The molecule has 0 saturated carbocycles. The number of hydrogen-bond donors (Lipinski definition) is 0. The number of aryl methyl sites for hydroxylation is 4. The third kappa shape index (κ3) is 8.77. The summed E-state index contributed by atoms with van der Waals surface area (Å²) in [6.45, 7) is 6.92. The number of para-hydroxylation sites is 4. The van der Waals surface area contributed by atoms with Gasteiger partial charge < -0.3 is 20.4 Å². The Morgan fingerprint density at radius 3 is 0.792 bits per heavy atom. The van der Waals surface area contributed by atoms with E-state index in [1.165, 1.54) is 24.9 Å². The second kappa shape index (κ2) is 16.9. The molecule has 0 aliphatic carbocycles. The Morgan fingerprint density at radius 2 is 0.583 bits per heavy atom. The van der Waals surface area contributed by atoms with Gasteiger partial charge in [0.2, 0.25) is 0 Å². The van der Waals surface area contributed by atoms with E-state index in [1.807, 2.05) is 0 Å². The fraction of sp³-hybridized carbons (Fsp3) is 0.105. The molecular formula is C38H30N4O4Zn2. The van der Waals surface area contributed by atoms with Crippen molar-refractivity contribution in [3.63, 3.8) is 0 Å². The summed E-state index contributed by atoms with van der Waals surface area (Å²) in [5.74, 6) is -0.609. The van der Waals surface area contributed by atoms with E-state index >= 15 is 0 Å². The maximum Gasteiger partial charge on any atom is 2.00 e. The van der Waals surface area contributed by atoms with Crippen molar-refractivity contribution in [2.24, 2.45) is 20.0 Å². The molecule has 48 heavy (non-hydrogen) atoms. The third-order valence-electron chi connectivity index (χ3n) is 7.41. The van der Waals surface area contributed by atoms with Gasteiger partial charge in [0.05, 0.1) is 22.7 Å². The van der Waals surface area contributed by atoms with E-state index in [4.69, 9.17) is 0 Å². The minimum absolute atomic E-state index is 0. The van der Waals surface area contributed by atoms with Crippen LogP contribution >= 0.6 is 0 Å². The van der Waals surface area contributed by atoms with Gasteiger partial charge in [-0.05, 0) is 62.1 Å². The van der Waals surface area contributed by atoms with Gasteiger partial charge in [0.25, 0.3) is 0 Å². The molecule has 0 heterocycles. The third-order valence-corrected chi connectivity index (χ3v) is 7.41. The van der Waals surface area contributed by atoms with Gasteiger partial charge in [-0.1, -0.05) is 118 Å². The van der Waals surface area contributed by atoms with E-state index in [1.54, 1.807) is 113 Å². The van der Waals surface area contributed by atoms with Crippen LogP contribution < -0.4 is 20.4 Å². The molecule has 0 spiro atoms. The van der Waals surface area contributed by atoms with Gasteiger partial charge in [-0.3, -0.25) is 20.0 Å². The minimum Gasteiger partial charge on any atom is -0.872 e. The zero-order chi connectivity index (χ0) is 32.8. The van der Waals surface area contributed by atoms with Crippen molar-refractivity contribution in [2.75, 3.05) is 0 Å². The second-order valence-corrected chi connectivity index (χ2v) is 10.8. The average Bonchev–Trinajstić information content (AvgIpc) is 3.04. The molecule has 0 saturated heterocycles. The summed E-state index contributed by atoms with van der Waals surface area (Å²) >= 11 is 0. The Kier molecular flexibility index (Phi) is 13.2. The van der Waals surface area contributed by atoms with Crippen LogP contribution in [0.1, 0.15) is 44.5 Å². The largest absolute Gasteiger partial charge is 2.00 e. The first-order valence-electron chi connectivity index (χ1n) is 14.5. The first-order chi connectivity index (χ1) is 22.1. The molecule has 230 valence electrons. The van der Waals surface area contributed by atoms with Crippen LogP contribution in [0.25, 0.3) is 0 Å². The maximum atomic E-state index is 12.7. The van der Waals surface area contributed by atoms with Crippen molar-refractivity contribution in [3.05, 3.63) is 129 Å². The Balaban J connectivity index is 0.00000312. The molecule has 8 nitrogen and oxygen atoms in total. The van der Waals surface area contributed by atoms with E-state index in [0.717, 1.165) is 0 Å². The zero-order valence-electron chi connectivity index (χ0n) is 27.2. The number of nitrogens with zero attached hydrogens (tertiary/aromatic N) is 4. The first kappa shape index (κ1) is 37.7. The molecule has 0 aromatic heterocycles. The van der Waals surface area contributed by atoms with Gasteiger partial charge in [-0.25, -0.2) is 0 Å². The molecule has 0 N–H and O–H groups in total. The molecule has 5 rings (SSSR count). The summed E-state index contributed by atoms with van der Waals surface area (Å²) in [5.41, 5.74) is 5.26. The molecule has 0 fully saturated rings. The Hall–Kier alpha value is -4.77. The maximum absolute atomic E-state index is 12.7. The quantitative estimate of drug-likeness (QED) is 0.138. The van der Waals surface area contributed by atoms with E-state index in [9.17, 15) is 20.4 Å². The van der Waals surface area contributed by atoms with Crippen molar-refractivity contribution in [2.45, 2.75) is 27.7 Å². The van der Waals surface area contributed by atoms with Crippen molar-refractivity contribution in [1.29, 1.82) is 0 Å². The van der Waals surface area contributed by atoms with Crippen LogP contribution in [0.5, 0.6) is 23.0 Å². The summed E-state index contributed by atoms with van der Waals surface area (Å²) < 4.78 is 0. The van der Waals surface area contributed by atoms with Gasteiger partial charge in [-0.2, -0.15) is 0 Å². The number of benzene rings is 5. The monoisotopic (exact) mass is 734 g/mol. The average molecular weight is 737 g/mol. The van der Waals surface area contributed by atoms with Crippen LogP contribution in [0.4, 0.5) is 22.7 Å². The first-order valence-corrected chi connectivity index (χ1v) is 14.5. The SMILES string of the molecule is Cc1cccc(C=Nc2cc(N=Cc3cccc(C)c3[O-])c(N=Cc3cccc(C)c3[O-])cc2N=Cc2cccc(C)c2[O-])c1[O-].[Zn+2].[Zn+2]. The van der Waals surface area contributed by atoms with E-state index < -0.39 is 0 Å². The van der Waals surface area contributed by atoms with Gasteiger partial charge in [-0.15, -0.1) is 0 Å². The van der Waals surface area contributed by atoms with Crippen LogP contribution in [0, 0.1) is 27.7 Å². The molecule has 5 aromatic rings. The second-order valence-electron chi connectivity index (χ2n) is 10.8.